The summed E-state index contributed by atoms with van der Waals surface area (Å²) in [5.41, 5.74) is 9.68. The number of hydrogen-bond donors (Lipinski definition) is 2. The van der Waals surface area contributed by atoms with Crippen LogP contribution in [0, 0.1) is 0 Å². The summed E-state index contributed by atoms with van der Waals surface area (Å²) < 4.78 is 0. The number of rotatable bonds is 4. The maximum atomic E-state index is 12.2. The molecule has 1 aromatic carbocycles. The Hall–Kier alpha value is -1.65. The number of fused-ring (bicyclic) bond motifs is 3. The van der Waals surface area contributed by atoms with Crippen molar-refractivity contribution < 1.29 is 4.79 Å². The molecule has 0 saturated heterocycles. The van der Waals surface area contributed by atoms with Crippen LogP contribution in [0.3, 0.4) is 0 Å². The van der Waals surface area contributed by atoms with E-state index in [1.54, 1.807) is 11.3 Å². The minimum atomic E-state index is 0.0209. The lowest BCUT2D eigenvalue weighted by Gasteiger charge is -2.15. The Morgan fingerprint density at radius 3 is 2.90 bits per heavy atom. The summed E-state index contributed by atoms with van der Waals surface area (Å²) in [6.07, 6.45) is 2.89. The first-order valence-corrected chi connectivity index (χ1v) is 8.21. The predicted molar refractivity (Wildman–Crippen MR) is 87.8 cm³/mol. The maximum Gasteiger partial charge on any atom is 0.261 e. The zero-order chi connectivity index (χ0) is 14.8. The van der Waals surface area contributed by atoms with Gasteiger partial charge < -0.3 is 11.1 Å². The molecule has 1 amide bonds. The summed E-state index contributed by atoms with van der Waals surface area (Å²) in [6, 6.07) is 10.7. The molecule has 1 aromatic heterocycles. The lowest BCUT2D eigenvalue weighted by atomic mass is 9.91. The van der Waals surface area contributed by atoms with Gasteiger partial charge in [-0.3, -0.25) is 4.79 Å². The highest BCUT2D eigenvalue weighted by atomic mass is 32.1. The summed E-state index contributed by atoms with van der Waals surface area (Å²) in [5, 5.41) is 2.95. The topological polar surface area (TPSA) is 55.1 Å². The van der Waals surface area contributed by atoms with Gasteiger partial charge >= 0.3 is 0 Å². The van der Waals surface area contributed by atoms with Crippen molar-refractivity contribution in [2.75, 3.05) is 6.54 Å². The highest BCUT2D eigenvalue weighted by Crippen LogP contribution is 2.39. The van der Waals surface area contributed by atoms with E-state index in [4.69, 9.17) is 5.73 Å². The third-order valence-corrected chi connectivity index (χ3v) is 5.05. The summed E-state index contributed by atoms with van der Waals surface area (Å²) in [5.74, 6) is 0.0209. The van der Waals surface area contributed by atoms with E-state index in [-0.39, 0.29) is 11.9 Å². The van der Waals surface area contributed by atoms with E-state index in [1.165, 1.54) is 21.6 Å². The fraction of sp³-hybridized carbons (Fsp3) is 0.353. The number of nitrogens with one attached hydrogen (secondary N) is 1. The quantitative estimate of drug-likeness (QED) is 0.912. The zero-order valence-corrected chi connectivity index (χ0v) is 13.0. The minimum Gasteiger partial charge on any atom is -0.351 e. The molecule has 4 heteroatoms. The standard InChI is InChI=1S/C17H20N2OS/c1-11(18)8-9-19-17(20)15-10-13-7-6-12-4-2-3-5-14(12)16(13)21-15/h2-5,10-11H,6-9,18H2,1H3,(H,19,20). The number of aryl methyl sites for hydroxylation is 2. The molecule has 0 fully saturated rings. The number of carbonyl (C=O) groups excluding carboxylic acids is 1. The third kappa shape index (κ3) is 3.01. The van der Waals surface area contributed by atoms with Crippen LogP contribution < -0.4 is 11.1 Å². The van der Waals surface area contributed by atoms with E-state index in [0.717, 1.165) is 24.1 Å². The van der Waals surface area contributed by atoms with Crippen LogP contribution in [0.1, 0.15) is 34.1 Å². The highest BCUT2D eigenvalue weighted by molar-refractivity contribution is 7.17. The molecule has 0 radical (unpaired) electrons. The van der Waals surface area contributed by atoms with Gasteiger partial charge in [-0.2, -0.15) is 0 Å². The van der Waals surface area contributed by atoms with E-state index in [9.17, 15) is 4.79 Å². The Morgan fingerprint density at radius 1 is 1.33 bits per heavy atom. The van der Waals surface area contributed by atoms with Gasteiger partial charge in [0.25, 0.3) is 5.91 Å². The molecule has 1 atom stereocenters. The van der Waals surface area contributed by atoms with Gasteiger partial charge in [0.2, 0.25) is 0 Å². The molecule has 3 rings (SSSR count). The van der Waals surface area contributed by atoms with Crippen molar-refractivity contribution in [3.63, 3.8) is 0 Å². The van der Waals surface area contributed by atoms with Crippen LogP contribution >= 0.6 is 11.3 Å². The van der Waals surface area contributed by atoms with E-state index >= 15 is 0 Å². The Kier molecular flexibility index (Phi) is 4.08. The Morgan fingerprint density at radius 2 is 2.10 bits per heavy atom. The monoisotopic (exact) mass is 300 g/mol. The van der Waals surface area contributed by atoms with Crippen LogP contribution in [0.15, 0.2) is 30.3 Å². The highest BCUT2D eigenvalue weighted by Gasteiger charge is 2.21. The SMILES string of the molecule is CC(N)CCNC(=O)c1cc2c(s1)-c1ccccc1CC2. The van der Waals surface area contributed by atoms with Crippen molar-refractivity contribution in [1.82, 2.24) is 5.32 Å². The molecule has 0 aliphatic heterocycles. The predicted octanol–water partition coefficient (Wildman–Crippen LogP) is 2.98. The Bertz CT molecular complexity index is 661. The second-order valence-corrected chi connectivity index (χ2v) is 6.70. The molecule has 3 nitrogen and oxygen atoms in total. The van der Waals surface area contributed by atoms with Crippen molar-refractivity contribution in [3.05, 3.63) is 46.3 Å². The smallest absolute Gasteiger partial charge is 0.261 e. The number of nitrogens with two attached hydrogens (primary N) is 1. The molecular formula is C17H20N2OS. The minimum absolute atomic E-state index is 0.0209. The molecule has 1 heterocycles. The fourth-order valence-corrected chi connectivity index (χ4v) is 3.87. The van der Waals surface area contributed by atoms with Gasteiger partial charge in [-0.25, -0.2) is 0 Å². The number of amides is 1. The van der Waals surface area contributed by atoms with Crippen molar-refractivity contribution in [1.29, 1.82) is 0 Å². The molecule has 0 spiro atoms. The zero-order valence-electron chi connectivity index (χ0n) is 12.2. The summed E-state index contributed by atoms with van der Waals surface area (Å²) >= 11 is 1.60. The van der Waals surface area contributed by atoms with Crippen molar-refractivity contribution in [3.8, 4) is 10.4 Å². The van der Waals surface area contributed by atoms with E-state index in [1.807, 2.05) is 6.92 Å². The first kappa shape index (κ1) is 14.3. The lowest BCUT2D eigenvalue weighted by molar-refractivity contribution is 0.0957. The molecule has 21 heavy (non-hydrogen) atoms. The molecule has 1 aliphatic carbocycles. The average molecular weight is 300 g/mol. The molecule has 3 N–H and O–H groups in total. The van der Waals surface area contributed by atoms with Crippen molar-refractivity contribution in [2.45, 2.75) is 32.2 Å². The molecule has 2 aromatic rings. The molecule has 0 saturated carbocycles. The Balaban J connectivity index is 1.79. The van der Waals surface area contributed by atoms with Gasteiger partial charge in [-0.15, -0.1) is 11.3 Å². The van der Waals surface area contributed by atoms with Crippen molar-refractivity contribution >= 4 is 17.2 Å². The Labute approximate surface area is 129 Å². The largest absolute Gasteiger partial charge is 0.351 e. The lowest BCUT2D eigenvalue weighted by Crippen LogP contribution is -2.28. The molecular weight excluding hydrogens is 280 g/mol. The first-order valence-electron chi connectivity index (χ1n) is 7.40. The summed E-state index contributed by atoms with van der Waals surface area (Å²) in [4.78, 5) is 14.3. The van der Waals surface area contributed by atoms with E-state index < -0.39 is 0 Å². The molecule has 110 valence electrons. The van der Waals surface area contributed by atoms with Crippen LogP contribution in [0.4, 0.5) is 0 Å². The van der Waals surface area contributed by atoms with Crippen LogP contribution in [0.5, 0.6) is 0 Å². The number of hydrogen-bond acceptors (Lipinski definition) is 3. The average Bonchev–Trinajstić information content (AvgIpc) is 2.91. The summed E-state index contributed by atoms with van der Waals surface area (Å²) in [6.45, 7) is 2.59. The van der Waals surface area contributed by atoms with E-state index in [2.05, 4.69) is 35.6 Å². The van der Waals surface area contributed by atoms with Gasteiger partial charge in [-0.05, 0) is 48.9 Å². The fourth-order valence-electron chi connectivity index (χ4n) is 2.68. The van der Waals surface area contributed by atoms with Gasteiger partial charge in [0, 0.05) is 17.5 Å². The molecule has 0 bridgehead atoms. The van der Waals surface area contributed by atoms with Crippen LogP contribution in [-0.2, 0) is 12.8 Å². The molecule has 1 aliphatic rings. The third-order valence-electron chi connectivity index (χ3n) is 3.84. The second kappa shape index (κ2) is 6.00. The second-order valence-electron chi connectivity index (χ2n) is 5.64. The maximum absolute atomic E-state index is 12.2. The number of thiophene rings is 1. The molecule has 1 unspecified atom stereocenters. The van der Waals surface area contributed by atoms with Crippen LogP contribution in [0.2, 0.25) is 0 Å². The number of carbonyl (C=O) groups is 1. The number of benzene rings is 1. The van der Waals surface area contributed by atoms with Gasteiger partial charge in [0.15, 0.2) is 0 Å². The van der Waals surface area contributed by atoms with Crippen molar-refractivity contribution in [2.24, 2.45) is 5.73 Å². The van der Waals surface area contributed by atoms with Crippen LogP contribution in [-0.4, -0.2) is 18.5 Å². The van der Waals surface area contributed by atoms with E-state index in [0.29, 0.717) is 6.54 Å². The van der Waals surface area contributed by atoms with Gasteiger partial charge in [-0.1, -0.05) is 24.3 Å². The van der Waals surface area contributed by atoms with Gasteiger partial charge in [0.05, 0.1) is 4.88 Å². The normalized spacial score (nSPS) is 14.2. The first-order chi connectivity index (χ1) is 10.1. The van der Waals surface area contributed by atoms with Crippen LogP contribution in [0.25, 0.3) is 10.4 Å². The summed E-state index contributed by atoms with van der Waals surface area (Å²) in [7, 11) is 0. The van der Waals surface area contributed by atoms with Gasteiger partial charge in [0.1, 0.15) is 0 Å².